The summed E-state index contributed by atoms with van der Waals surface area (Å²) in [5.41, 5.74) is -0.167. The molecule has 6 heteroatoms. The maximum Gasteiger partial charge on any atom is 0.338 e. The molecule has 0 bridgehead atoms. The highest BCUT2D eigenvalue weighted by atomic mass is 19.1. The molecule has 0 unspecified atom stereocenters. The minimum atomic E-state index is -1.33. The van der Waals surface area contributed by atoms with Gasteiger partial charge in [0.25, 0.3) is 0 Å². The van der Waals surface area contributed by atoms with Gasteiger partial charge in [-0.15, -0.1) is 0 Å². The van der Waals surface area contributed by atoms with E-state index in [9.17, 15) is 14.0 Å². The fraction of sp³-hybridized carbons (Fsp3) is 0.385. The van der Waals surface area contributed by atoms with E-state index < -0.39 is 17.3 Å². The van der Waals surface area contributed by atoms with Gasteiger partial charge in [0.2, 0.25) is 0 Å². The molecule has 19 heavy (non-hydrogen) atoms. The predicted octanol–water partition coefficient (Wildman–Crippen LogP) is 2.40. The Morgan fingerprint density at radius 3 is 2.68 bits per heavy atom. The smallest absolute Gasteiger partial charge is 0.338 e. The van der Waals surface area contributed by atoms with Gasteiger partial charge in [0.1, 0.15) is 5.82 Å². The topological polar surface area (TPSA) is 69.6 Å². The van der Waals surface area contributed by atoms with Gasteiger partial charge in [-0.25, -0.2) is 14.0 Å². The molecule has 1 aliphatic carbocycles. The van der Waals surface area contributed by atoms with Gasteiger partial charge in [-0.1, -0.05) is 0 Å². The fourth-order valence-corrected chi connectivity index (χ4v) is 1.76. The Bertz CT molecular complexity index is 515. The van der Waals surface area contributed by atoms with Crippen LogP contribution in [0, 0.1) is 11.7 Å². The second kappa shape index (κ2) is 5.26. The number of benzene rings is 1. The van der Waals surface area contributed by atoms with Gasteiger partial charge >= 0.3 is 12.0 Å². The maximum absolute atomic E-state index is 13.4. The van der Waals surface area contributed by atoms with E-state index >= 15 is 0 Å². The summed E-state index contributed by atoms with van der Waals surface area (Å²) in [6.45, 7) is 0.682. The number of anilines is 1. The molecule has 102 valence electrons. The van der Waals surface area contributed by atoms with E-state index in [-0.39, 0.29) is 11.7 Å². The van der Waals surface area contributed by atoms with Crippen molar-refractivity contribution in [1.82, 2.24) is 4.90 Å². The monoisotopic (exact) mass is 266 g/mol. The van der Waals surface area contributed by atoms with Gasteiger partial charge in [0.15, 0.2) is 0 Å². The molecule has 2 rings (SSSR count). The van der Waals surface area contributed by atoms with Crippen molar-refractivity contribution < 1.29 is 19.1 Å². The second-order valence-corrected chi connectivity index (χ2v) is 4.75. The van der Waals surface area contributed by atoms with E-state index in [1.165, 1.54) is 6.07 Å². The lowest BCUT2D eigenvalue weighted by atomic mass is 10.2. The van der Waals surface area contributed by atoms with Gasteiger partial charge < -0.3 is 15.3 Å². The van der Waals surface area contributed by atoms with E-state index in [4.69, 9.17) is 5.11 Å². The number of rotatable bonds is 4. The van der Waals surface area contributed by atoms with E-state index in [1.54, 1.807) is 11.9 Å². The molecule has 5 nitrogen and oxygen atoms in total. The lowest BCUT2D eigenvalue weighted by molar-refractivity contribution is 0.0692. The van der Waals surface area contributed by atoms with E-state index in [2.05, 4.69) is 5.32 Å². The number of urea groups is 1. The Balaban J connectivity index is 2.00. The quantitative estimate of drug-likeness (QED) is 0.879. The molecule has 0 heterocycles. The van der Waals surface area contributed by atoms with Gasteiger partial charge in [-0.3, -0.25) is 0 Å². The molecule has 1 fully saturated rings. The van der Waals surface area contributed by atoms with E-state index in [0.29, 0.717) is 12.5 Å². The molecule has 1 saturated carbocycles. The van der Waals surface area contributed by atoms with Crippen molar-refractivity contribution in [2.75, 3.05) is 18.9 Å². The summed E-state index contributed by atoms with van der Waals surface area (Å²) >= 11 is 0. The molecular weight excluding hydrogens is 251 g/mol. The Morgan fingerprint density at radius 1 is 1.47 bits per heavy atom. The summed E-state index contributed by atoms with van der Waals surface area (Å²) in [4.78, 5) is 24.0. The summed E-state index contributed by atoms with van der Waals surface area (Å²) < 4.78 is 13.4. The van der Waals surface area contributed by atoms with Crippen molar-refractivity contribution in [2.45, 2.75) is 12.8 Å². The summed E-state index contributed by atoms with van der Waals surface area (Å²) in [6.07, 6.45) is 2.28. The highest BCUT2D eigenvalue weighted by molar-refractivity contribution is 5.91. The van der Waals surface area contributed by atoms with Gasteiger partial charge in [0.05, 0.1) is 5.56 Å². The average Bonchev–Trinajstić information content (AvgIpc) is 3.12. The summed E-state index contributed by atoms with van der Waals surface area (Å²) in [7, 11) is 1.68. The number of aromatic carboxylic acids is 1. The molecule has 0 atom stereocenters. The number of hydrogen-bond donors (Lipinski definition) is 2. The summed E-state index contributed by atoms with van der Waals surface area (Å²) in [5.74, 6) is -1.63. The maximum atomic E-state index is 13.4. The Kier molecular flexibility index (Phi) is 3.69. The van der Waals surface area contributed by atoms with Gasteiger partial charge in [0, 0.05) is 19.3 Å². The normalized spacial score (nSPS) is 14.0. The minimum absolute atomic E-state index is 0.246. The lowest BCUT2D eigenvalue weighted by Gasteiger charge is -2.17. The van der Waals surface area contributed by atoms with Gasteiger partial charge in [-0.2, -0.15) is 0 Å². The molecule has 0 aliphatic heterocycles. The van der Waals surface area contributed by atoms with Crippen LogP contribution in [0.5, 0.6) is 0 Å². The number of carbonyl (C=O) groups excluding carboxylic acids is 1. The first-order valence-electron chi connectivity index (χ1n) is 6.02. The van der Waals surface area contributed by atoms with Crippen molar-refractivity contribution in [1.29, 1.82) is 0 Å². The number of carbonyl (C=O) groups is 2. The Morgan fingerprint density at radius 2 is 2.16 bits per heavy atom. The van der Waals surface area contributed by atoms with Crippen LogP contribution in [0.1, 0.15) is 23.2 Å². The van der Waals surface area contributed by atoms with Crippen LogP contribution in [0.25, 0.3) is 0 Å². The van der Waals surface area contributed by atoms with Crippen LogP contribution in [-0.4, -0.2) is 35.6 Å². The SMILES string of the molecule is CN(CC1CC1)C(=O)Nc1ccc(C(=O)O)c(F)c1. The third kappa shape index (κ3) is 3.43. The molecule has 2 amide bonds. The molecule has 1 aliphatic rings. The molecule has 1 aromatic rings. The number of hydrogen-bond acceptors (Lipinski definition) is 2. The first-order chi connectivity index (χ1) is 8.97. The average molecular weight is 266 g/mol. The fourth-order valence-electron chi connectivity index (χ4n) is 1.76. The summed E-state index contributed by atoms with van der Waals surface area (Å²) in [5, 5.41) is 11.2. The molecule has 0 radical (unpaired) electrons. The van der Waals surface area contributed by atoms with Crippen LogP contribution in [-0.2, 0) is 0 Å². The first kappa shape index (κ1) is 13.3. The van der Waals surface area contributed by atoms with Crippen LogP contribution < -0.4 is 5.32 Å². The number of carboxylic acid groups (broad SMARTS) is 1. The van der Waals surface area contributed by atoms with Crippen LogP contribution >= 0.6 is 0 Å². The minimum Gasteiger partial charge on any atom is -0.478 e. The third-order valence-electron chi connectivity index (χ3n) is 3.03. The molecule has 0 spiro atoms. The van der Waals surface area contributed by atoms with Crippen molar-refractivity contribution in [3.63, 3.8) is 0 Å². The van der Waals surface area contributed by atoms with Crippen LogP contribution in [0.4, 0.5) is 14.9 Å². The molecule has 0 saturated heterocycles. The Hall–Kier alpha value is -2.11. The number of amides is 2. The first-order valence-corrected chi connectivity index (χ1v) is 6.02. The van der Waals surface area contributed by atoms with Gasteiger partial charge in [-0.05, 0) is 37.0 Å². The van der Waals surface area contributed by atoms with E-state index in [1.807, 2.05) is 0 Å². The lowest BCUT2D eigenvalue weighted by Crippen LogP contribution is -2.32. The zero-order valence-electron chi connectivity index (χ0n) is 10.5. The third-order valence-corrected chi connectivity index (χ3v) is 3.03. The Labute approximate surface area is 110 Å². The van der Waals surface area contributed by atoms with Crippen LogP contribution in [0.15, 0.2) is 18.2 Å². The zero-order valence-corrected chi connectivity index (χ0v) is 10.5. The number of nitrogens with zero attached hydrogens (tertiary/aromatic N) is 1. The van der Waals surface area contributed by atoms with Crippen molar-refractivity contribution in [3.05, 3.63) is 29.6 Å². The standard InChI is InChI=1S/C13H15FN2O3/c1-16(7-8-2-3-8)13(19)15-9-4-5-10(12(17)18)11(14)6-9/h4-6,8H,2-3,7H2,1H3,(H,15,19)(H,17,18). The summed E-state index contributed by atoms with van der Waals surface area (Å²) in [6, 6.07) is 3.19. The van der Waals surface area contributed by atoms with Crippen LogP contribution in [0.2, 0.25) is 0 Å². The number of carboxylic acids is 1. The van der Waals surface area contributed by atoms with Crippen molar-refractivity contribution in [3.8, 4) is 0 Å². The van der Waals surface area contributed by atoms with Crippen LogP contribution in [0.3, 0.4) is 0 Å². The number of halogens is 1. The number of nitrogens with one attached hydrogen (secondary N) is 1. The zero-order chi connectivity index (χ0) is 14.0. The predicted molar refractivity (Wildman–Crippen MR) is 67.7 cm³/mol. The molecule has 2 N–H and O–H groups in total. The van der Waals surface area contributed by atoms with Crippen molar-refractivity contribution >= 4 is 17.7 Å². The largest absolute Gasteiger partial charge is 0.478 e. The molecule has 1 aromatic carbocycles. The molecular formula is C13H15FN2O3. The van der Waals surface area contributed by atoms with E-state index in [0.717, 1.165) is 25.0 Å². The molecule has 0 aromatic heterocycles. The second-order valence-electron chi connectivity index (χ2n) is 4.75. The van der Waals surface area contributed by atoms with Crippen molar-refractivity contribution in [2.24, 2.45) is 5.92 Å². The highest BCUT2D eigenvalue weighted by Gasteiger charge is 2.24. The highest BCUT2D eigenvalue weighted by Crippen LogP contribution is 2.29.